The highest BCUT2D eigenvalue weighted by molar-refractivity contribution is 9.10. The third-order valence-electron chi connectivity index (χ3n) is 2.52. The molecule has 94 valence electrons. The van der Waals surface area contributed by atoms with E-state index in [0.29, 0.717) is 0 Å². The lowest BCUT2D eigenvalue weighted by atomic mass is 10.1. The highest BCUT2D eigenvalue weighted by atomic mass is 79.9. The van der Waals surface area contributed by atoms with Crippen LogP contribution in [0.3, 0.4) is 0 Å². The van der Waals surface area contributed by atoms with Gasteiger partial charge in [0.15, 0.2) is 0 Å². The van der Waals surface area contributed by atoms with Crippen molar-refractivity contribution in [3.63, 3.8) is 0 Å². The summed E-state index contributed by atoms with van der Waals surface area (Å²) in [6.07, 6.45) is 0. The molecule has 3 nitrogen and oxygen atoms in total. The molecule has 1 unspecified atom stereocenters. The molecule has 0 aliphatic carbocycles. The van der Waals surface area contributed by atoms with Gasteiger partial charge >= 0.3 is 0 Å². The molecule has 0 spiro atoms. The molecule has 0 saturated heterocycles. The Morgan fingerprint density at radius 1 is 1.28 bits per heavy atom. The van der Waals surface area contributed by atoms with E-state index in [0.717, 1.165) is 26.8 Å². The summed E-state index contributed by atoms with van der Waals surface area (Å²) in [7, 11) is 0. The predicted molar refractivity (Wildman–Crippen MR) is 78.0 cm³/mol. The van der Waals surface area contributed by atoms with Gasteiger partial charge in [-0.25, -0.2) is 9.97 Å². The molecular weight excluding hydrogens is 314 g/mol. The first-order valence-electron chi connectivity index (χ1n) is 5.58. The fourth-order valence-corrected chi connectivity index (χ4v) is 2.36. The van der Waals surface area contributed by atoms with Gasteiger partial charge in [0.05, 0.1) is 0 Å². The van der Waals surface area contributed by atoms with E-state index >= 15 is 0 Å². The molecule has 2 rings (SSSR count). The van der Waals surface area contributed by atoms with Gasteiger partial charge in [0.2, 0.25) is 0 Å². The minimum absolute atomic E-state index is 0.130. The fraction of sp³-hybridized carbons (Fsp3) is 0.231. The number of benzene rings is 1. The van der Waals surface area contributed by atoms with E-state index < -0.39 is 0 Å². The third-order valence-corrected chi connectivity index (χ3v) is 3.16. The van der Waals surface area contributed by atoms with E-state index in [1.165, 1.54) is 0 Å². The lowest BCUT2D eigenvalue weighted by Gasteiger charge is -2.15. The quantitative estimate of drug-likeness (QED) is 0.851. The van der Waals surface area contributed by atoms with E-state index in [9.17, 15) is 0 Å². The van der Waals surface area contributed by atoms with Gasteiger partial charge in [0, 0.05) is 17.1 Å². The number of hydrogen-bond donors (Lipinski definition) is 1. The van der Waals surface area contributed by atoms with Crippen LogP contribution in [0.2, 0.25) is 5.02 Å². The predicted octanol–water partition coefficient (Wildman–Crippen LogP) is 4.37. The van der Waals surface area contributed by atoms with Gasteiger partial charge in [-0.05, 0) is 47.5 Å². The van der Waals surface area contributed by atoms with Crippen molar-refractivity contribution in [2.45, 2.75) is 19.9 Å². The number of aryl methyl sites for hydroxylation is 1. The van der Waals surface area contributed by atoms with E-state index in [4.69, 9.17) is 11.6 Å². The van der Waals surface area contributed by atoms with E-state index in [-0.39, 0.29) is 6.04 Å². The number of anilines is 1. The smallest absolute Gasteiger partial charge is 0.131 e. The Hall–Kier alpha value is -1.13. The van der Waals surface area contributed by atoms with Crippen LogP contribution >= 0.6 is 27.5 Å². The maximum Gasteiger partial charge on any atom is 0.131 e. The van der Waals surface area contributed by atoms with Crippen molar-refractivity contribution < 1.29 is 0 Å². The zero-order chi connectivity index (χ0) is 13.1. The normalized spacial score (nSPS) is 12.2. The van der Waals surface area contributed by atoms with Gasteiger partial charge in [-0.3, -0.25) is 0 Å². The molecular formula is C13H13BrClN3. The molecule has 1 heterocycles. The van der Waals surface area contributed by atoms with Crippen molar-refractivity contribution >= 4 is 33.3 Å². The molecule has 0 aliphatic heterocycles. The summed E-state index contributed by atoms with van der Waals surface area (Å²) in [4.78, 5) is 8.51. The molecule has 0 radical (unpaired) electrons. The van der Waals surface area contributed by atoms with Gasteiger partial charge in [0.25, 0.3) is 0 Å². The van der Waals surface area contributed by atoms with Crippen LogP contribution in [-0.2, 0) is 0 Å². The van der Waals surface area contributed by atoms with Crippen LogP contribution in [0.15, 0.2) is 34.9 Å². The summed E-state index contributed by atoms with van der Waals surface area (Å²) in [5.74, 6) is 1.52. The van der Waals surface area contributed by atoms with Gasteiger partial charge < -0.3 is 5.32 Å². The molecule has 0 saturated carbocycles. The first-order chi connectivity index (χ1) is 8.54. The number of aromatic nitrogens is 2. The first kappa shape index (κ1) is 13.3. The number of halogens is 2. The molecule has 0 amide bonds. The van der Waals surface area contributed by atoms with Crippen LogP contribution in [0.5, 0.6) is 0 Å². The van der Waals surface area contributed by atoms with Crippen molar-refractivity contribution in [2.75, 3.05) is 5.32 Å². The molecule has 2 aromatic rings. The lowest BCUT2D eigenvalue weighted by molar-refractivity contribution is 0.865. The molecule has 1 aromatic heterocycles. The highest BCUT2D eigenvalue weighted by Crippen LogP contribution is 2.22. The molecule has 0 aliphatic rings. The minimum atomic E-state index is 0.130. The summed E-state index contributed by atoms with van der Waals surface area (Å²) in [5, 5.41) is 4.06. The number of nitrogens with zero attached hydrogens (tertiary/aromatic N) is 2. The van der Waals surface area contributed by atoms with Crippen LogP contribution in [0.25, 0.3) is 0 Å². The van der Waals surface area contributed by atoms with Gasteiger partial charge in [-0.2, -0.15) is 0 Å². The van der Waals surface area contributed by atoms with Crippen molar-refractivity contribution in [1.29, 1.82) is 0 Å². The average molecular weight is 327 g/mol. The van der Waals surface area contributed by atoms with E-state index in [2.05, 4.69) is 38.1 Å². The van der Waals surface area contributed by atoms with Crippen molar-refractivity contribution in [3.8, 4) is 0 Å². The Bertz CT molecular complexity index is 539. The largest absolute Gasteiger partial charge is 0.363 e. The van der Waals surface area contributed by atoms with Crippen LogP contribution in [0.4, 0.5) is 5.82 Å². The second-order valence-electron chi connectivity index (χ2n) is 4.04. The SMILES string of the molecule is Cc1nc(Br)cc(NC(C)c2cccc(Cl)c2)n1. The topological polar surface area (TPSA) is 37.8 Å². The number of rotatable bonds is 3. The second-order valence-corrected chi connectivity index (χ2v) is 5.29. The zero-order valence-corrected chi connectivity index (χ0v) is 12.5. The standard InChI is InChI=1S/C13H13BrClN3/c1-8(10-4-3-5-11(15)6-10)16-13-7-12(14)17-9(2)18-13/h3-8H,1-2H3,(H,16,17,18). The third kappa shape index (κ3) is 3.43. The Morgan fingerprint density at radius 3 is 2.72 bits per heavy atom. The minimum Gasteiger partial charge on any atom is -0.363 e. The Kier molecular flexibility index (Phi) is 4.19. The van der Waals surface area contributed by atoms with E-state index in [1.807, 2.05) is 37.3 Å². The summed E-state index contributed by atoms with van der Waals surface area (Å²) in [6, 6.07) is 9.77. The van der Waals surface area contributed by atoms with Crippen molar-refractivity contribution in [3.05, 3.63) is 51.3 Å². The summed E-state index contributed by atoms with van der Waals surface area (Å²) < 4.78 is 0.774. The maximum atomic E-state index is 5.98. The molecule has 0 bridgehead atoms. The fourth-order valence-electron chi connectivity index (χ4n) is 1.69. The van der Waals surface area contributed by atoms with Crippen LogP contribution in [-0.4, -0.2) is 9.97 Å². The molecule has 1 aromatic carbocycles. The average Bonchev–Trinajstić information content (AvgIpc) is 2.27. The zero-order valence-electron chi connectivity index (χ0n) is 10.1. The van der Waals surface area contributed by atoms with Gasteiger partial charge in [-0.1, -0.05) is 23.7 Å². The van der Waals surface area contributed by atoms with Crippen LogP contribution in [0.1, 0.15) is 24.4 Å². The Balaban J connectivity index is 2.18. The molecule has 0 fully saturated rings. The second kappa shape index (κ2) is 5.67. The van der Waals surface area contributed by atoms with Crippen molar-refractivity contribution in [2.24, 2.45) is 0 Å². The summed E-state index contributed by atoms with van der Waals surface area (Å²) in [5.41, 5.74) is 1.12. The maximum absolute atomic E-state index is 5.98. The molecule has 1 atom stereocenters. The van der Waals surface area contributed by atoms with E-state index in [1.54, 1.807) is 0 Å². The number of hydrogen-bond acceptors (Lipinski definition) is 3. The number of nitrogens with one attached hydrogen (secondary N) is 1. The lowest BCUT2D eigenvalue weighted by Crippen LogP contribution is -2.08. The molecule has 18 heavy (non-hydrogen) atoms. The van der Waals surface area contributed by atoms with Gasteiger partial charge in [0.1, 0.15) is 16.2 Å². The highest BCUT2D eigenvalue weighted by Gasteiger charge is 2.07. The Morgan fingerprint density at radius 2 is 2.06 bits per heavy atom. The van der Waals surface area contributed by atoms with Crippen molar-refractivity contribution in [1.82, 2.24) is 9.97 Å². The van der Waals surface area contributed by atoms with Gasteiger partial charge in [-0.15, -0.1) is 0 Å². The monoisotopic (exact) mass is 325 g/mol. The Labute approximate surface area is 120 Å². The molecule has 1 N–H and O–H groups in total. The van der Waals surface area contributed by atoms with Crippen LogP contribution < -0.4 is 5.32 Å². The van der Waals surface area contributed by atoms with Crippen LogP contribution in [0, 0.1) is 6.92 Å². The first-order valence-corrected chi connectivity index (χ1v) is 6.75. The summed E-state index contributed by atoms with van der Waals surface area (Å²) >= 11 is 9.34. The summed E-state index contributed by atoms with van der Waals surface area (Å²) in [6.45, 7) is 3.93. The molecule has 5 heteroatoms.